The van der Waals surface area contributed by atoms with Crippen molar-refractivity contribution in [2.75, 3.05) is 13.2 Å². The highest BCUT2D eigenvalue weighted by atomic mass is 16.3. The Morgan fingerprint density at radius 2 is 2.57 bits per heavy atom. The largest absolute Gasteiger partial charge is 0.449 e. The van der Waals surface area contributed by atoms with E-state index in [1.54, 1.807) is 6.26 Å². The molecule has 1 aromatic rings. The summed E-state index contributed by atoms with van der Waals surface area (Å²) in [5.41, 5.74) is 0.848. The molecule has 1 atom stereocenters. The first-order valence-corrected chi connectivity index (χ1v) is 5.16. The Morgan fingerprint density at radius 3 is 3.29 bits per heavy atom. The predicted octanol–water partition coefficient (Wildman–Crippen LogP) is 0.504. The van der Waals surface area contributed by atoms with Gasteiger partial charge in [0, 0.05) is 25.5 Å². The summed E-state index contributed by atoms with van der Waals surface area (Å²) in [4.78, 5) is 4.30. The molecule has 2 N–H and O–H groups in total. The van der Waals surface area contributed by atoms with Gasteiger partial charge in [0.2, 0.25) is 0 Å². The molecule has 0 aliphatic carbocycles. The highest BCUT2D eigenvalue weighted by Gasteiger charge is 2.16. The van der Waals surface area contributed by atoms with Crippen LogP contribution in [0.5, 0.6) is 0 Å². The summed E-state index contributed by atoms with van der Waals surface area (Å²) in [6, 6.07) is 0.524. The monoisotopic (exact) mass is 196 g/mol. The molecular weight excluding hydrogens is 180 g/mol. The zero-order chi connectivity index (χ0) is 9.80. The zero-order valence-electron chi connectivity index (χ0n) is 8.20. The average Bonchev–Trinajstić information content (AvgIpc) is 2.79. The Kier molecular flexibility index (Phi) is 3.16. The maximum Gasteiger partial charge on any atom is 0.195 e. The van der Waals surface area contributed by atoms with Gasteiger partial charge < -0.3 is 14.8 Å². The maximum absolute atomic E-state index is 8.72. The van der Waals surface area contributed by atoms with Gasteiger partial charge in [-0.05, 0) is 19.4 Å². The number of nitrogens with zero attached hydrogens (tertiary/aromatic N) is 1. The Bertz CT molecular complexity index is 279. The number of rotatable bonds is 4. The molecule has 0 spiro atoms. The number of aliphatic hydroxyl groups excluding tert-OH is 1. The summed E-state index contributed by atoms with van der Waals surface area (Å²) in [5, 5.41) is 12.1. The summed E-state index contributed by atoms with van der Waals surface area (Å²) >= 11 is 0. The smallest absolute Gasteiger partial charge is 0.195 e. The molecule has 1 unspecified atom stereocenters. The lowest BCUT2D eigenvalue weighted by atomic mass is 10.1. The Hall–Kier alpha value is -0.870. The van der Waals surface area contributed by atoms with E-state index >= 15 is 0 Å². The van der Waals surface area contributed by atoms with Crippen molar-refractivity contribution in [2.24, 2.45) is 0 Å². The molecule has 1 saturated heterocycles. The molecule has 4 nitrogen and oxygen atoms in total. The van der Waals surface area contributed by atoms with E-state index in [1.807, 2.05) is 0 Å². The second kappa shape index (κ2) is 4.57. The van der Waals surface area contributed by atoms with E-state index in [9.17, 15) is 0 Å². The van der Waals surface area contributed by atoms with Gasteiger partial charge in [0.1, 0.15) is 6.26 Å². The van der Waals surface area contributed by atoms with Gasteiger partial charge in [-0.25, -0.2) is 4.98 Å². The van der Waals surface area contributed by atoms with Crippen molar-refractivity contribution >= 4 is 0 Å². The number of hydrogen-bond donors (Lipinski definition) is 2. The van der Waals surface area contributed by atoms with Crippen LogP contribution in [0.4, 0.5) is 0 Å². The van der Waals surface area contributed by atoms with Crippen molar-refractivity contribution in [1.82, 2.24) is 10.3 Å². The number of nitrogens with one attached hydrogen (secondary N) is 1. The molecule has 0 aromatic carbocycles. The standard InChI is InChI=1S/C10H16N2O2/c13-5-3-9-7-14-10(12-9)6-8-2-1-4-11-8/h7-8,11,13H,1-6H2. The van der Waals surface area contributed by atoms with Gasteiger partial charge in [0.05, 0.1) is 5.69 Å². The van der Waals surface area contributed by atoms with Gasteiger partial charge in [-0.15, -0.1) is 0 Å². The third-order valence-electron chi connectivity index (χ3n) is 2.55. The summed E-state index contributed by atoms with van der Waals surface area (Å²) in [6.07, 6.45) is 5.54. The van der Waals surface area contributed by atoms with Crippen LogP contribution >= 0.6 is 0 Å². The van der Waals surface area contributed by atoms with Gasteiger partial charge in [0.25, 0.3) is 0 Å². The minimum Gasteiger partial charge on any atom is -0.449 e. The molecule has 0 bridgehead atoms. The van der Waals surface area contributed by atoms with Gasteiger partial charge in [-0.1, -0.05) is 0 Å². The first-order chi connectivity index (χ1) is 6.88. The fraction of sp³-hybridized carbons (Fsp3) is 0.700. The van der Waals surface area contributed by atoms with Gasteiger partial charge >= 0.3 is 0 Å². The summed E-state index contributed by atoms with van der Waals surface area (Å²) in [5.74, 6) is 0.785. The lowest BCUT2D eigenvalue weighted by Crippen LogP contribution is -2.23. The van der Waals surface area contributed by atoms with Crippen molar-refractivity contribution in [2.45, 2.75) is 31.7 Å². The second-order valence-electron chi connectivity index (χ2n) is 3.70. The second-order valence-corrected chi connectivity index (χ2v) is 3.70. The van der Waals surface area contributed by atoms with Crippen LogP contribution in [0, 0.1) is 0 Å². The van der Waals surface area contributed by atoms with E-state index in [2.05, 4.69) is 10.3 Å². The number of aromatic nitrogens is 1. The highest BCUT2D eigenvalue weighted by Crippen LogP contribution is 2.12. The van der Waals surface area contributed by atoms with Gasteiger partial charge in [-0.2, -0.15) is 0 Å². The normalized spacial score (nSPS) is 21.6. The van der Waals surface area contributed by atoms with E-state index in [1.165, 1.54) is 12.8 Å². The molecule has 0 amide bonds. The summed E-state index contributed by atoms with van der Waals surface area (Å²) in [7, 11) is 0. The lowest BCUT2D eigenvalue weighted by molar-refractivity contribution is 0.298. The van der Waals surface area contributed by atoms with E-state index < -0.39 is 0 Å². The van der Waals surface area contributed by atoms with Crippen molar-refractivity contribution in [3.63, 3.8) is 0 Å². The van der Waals surface area contributed by atoms with Crippen molar-refractivity contribution in [3.05, 3.63) is 17.8 Å². The van der Waals surface area contributed by atoms with E-state index in [0.717, 1.165) is 24.6 Å². The molecule has 1 aliphatic heterocycles. The predicted molar refractivity (Wildman–Crippen MR) is 52.0 cm³/mol. The molecule has 1 aromatic heterocycles. The first kappa shape index (κ1) is 9.68. The zero-order valence-corrected chi connectivity index (χ0v) is 8.20. The Labute approximate surface area is 83.3 Å². The third-order valence-corrected chi connectivity index (χ3v) is 2.55. The minimum atomic E-state index is 0.133. The number of hydrogen-bond acceptors (Lipinski definition) is 4. The molecule has 2 heterocycles. The fourth-order valence-corrected chi connectivity index (χ4v) is 1.81. The molecule has 1 fully saturated rings. The minimum absolute atomic E-state index is 0.133. The molecule has 1 aliphatic rings. The Balaban J connectivity index is 1.88. The van der Waals surface area contributed by atoms with Crippen LogP contribution in [-0.4, -0.2) is 29.3 Å². The molecule has 0 radical (unpaired) electrons. The maximum atomic E-state index is 8.72. The molecular formula is C10H16N2O2. The van der Waals surface area contributed by atoms with Crippen LogP contribution in [0.2, 0.25) is 0 Å². The average molecular weight is 196 g/mol. The van der Waals surface area contributed by atoms with Crippen LogP contribution in [0.3, 0.4) is 0 Å². The third kappa shape index (κ3) is 2.33. The van der Waals surface area contributed by atoms with Crippen LogP contribution < -0.4 is 5.32 Å². The van der Waals surface area contributed by atoms with E-state index in [4.69, 9.17) is 9.52 Å². The highest BCUT2D eigenvalue weighted by molar-refractivity contribution is 4.98. The van der Waals surface area contributed by atoms with Crippen LogP contribution in [0.1, 0.15) is 24.4 Å². The van der Waals surface area contributed by atoms with Gasteiger partial charge in [-0.3, -0.25) is 0 Å². The van der Waals surface area contributed by atoms with Crippen LogP contribution in [-0.2, 0) is 12.8 Å². The van der Waals surface area contributed by atoms with Crippen LogP contribution in [0.25, 0.3) is 0 Å². The van der Waals surface area contributed by atoms with Crippen molar-refractivity contribution in [1.29, 1.82) is 0 Å². The van der Waals surface area contributed by atoms with E-state index in [0.29, 0.717) is 12.5 Å². The van der Waals surface area contributed by atoms with E-state index in [-0.39, 0.29) is 6.61 Å². The van der Waals surface area contributed by atoms with Gasteiger partial charge in [0.15, 0.2) is 5.89 Å². The first-order valence-electron chi connectivity index (χ1n) is 5.16. The quantitative estimate of drug-likeness (QED) is 0.736. The molecule has 78 valence electrons. The molecule has 14 heavy (non-hydrogen) atoms. The fourth-order valence-electron chi connectivity index (χ4n) is 1.81. The molecule has 0 saturated carbocycles. The summed E-state index contributed by atoms with van der Waals surface area (Å²) < 4.78 is 5.32. The number of oxazole rings is 1. The van der Waals surface area contributed by atoms with Crippen LogP contribution in [0.15, 0.2) is 10.7 Å². The topological polar surface area (TPSA) is 58.3 Å². The van der Waals surface area contributed by atoms with Crippen molar-refractivity contribution < 1.29 is 9.52 Å². The Morgan fingerprint density at radius 1 is 1.64 bits per heavy atom. The molecule has 4 heteroatoms. The molecule has 2 rings (SSSR count). The SMILES string of the molecule is OCCc1coc(CC2CCCN2)n1. The lowest BCUT2D eigenvalue weighted by Gasteiger charge is -2.05. The number of aliphatic hydroxyl groups is 1. The van der Waals surface area contributed by atoms with Crippen molar-refractivity contribution in [3.8, 4) is 0 Å². The summed E-state index contributed by atoms with van der Waals surface area (Å²) in [6.45, 7) is 1.24.